The summed E-state index contributed by atoms with van der Waals surface area (Å²) < 4.78 is 4.93. The fourth-order valence-electron chi connectivity index (χ4n) is 1.86. The zero-order valence-corrected chi connectivity index (χ0v) is 14.4. The van der Waals surface area contributed by atoms with Gasteiger partial charge in [-0.05, 0) is 32.2 Å². The minimum absolute atomic E-state index is 0.0158. The van der Waals surface area contributed by atoms with Gasteiger partial charge in [-0.1, -0.05) is 6.07 Å². The van der Waals surface area contributed by atoms with Crippen LogP contribution in [-0.2, 0) is 11.3 Å². The minimum Gasteiger partial charge on any atom is -0.461 e. The van der Waals surface area contributed by atoms with Gasteiger partial charge in [0.15, 0.2) is 5.69 Å². The van der Waals surface area contributed by atoms with Crippen molar-refractivity contribution < 1.29 is 14.3 Å². The molecule has 2 aromatic heterocycles. The molecule has 0 atom stereocenters. The van der Waals surface area contributed by atoms with E-state index in [1.165, 1.54) is 22.7 Å². The van der Waals surface area contributed by atoms with Crippen LogP contribution in [0.4, 0.5) is 0 Å². The van der Waals surface area contributed by atoms with Gasteiger partial charge in [0.1, 0.15) is 5.01 Å². The Morgan fingerprint density at radius 1 is 1.36 bits per heavy atom. The van der Waals surface area contributed by atoms with Crippen LogP contribution in [-0.4, -0.2) is 34.4 Å². The van der Waals surface area contributed by atoms with Crippen molar-refractivity contribution in [2.75, 3.05) is 6.61 Å². The predicted octanol–water partition coefficient (Wildman–Crippen LogP) is 3.43. The van der Waals surface area contributed by atoms with E-state index in [1.54, 1.807) is 17.2 Å². The molecular weight excluding hydrogens is 320 g/mol. The Bertz CT molecular complexity index is 635. The highest BCUT2D eigenvalue weighted by Crippen LogP contribution is 2.19. The molecule has 0 aliphatic rings. The fraction of sp³-hybridized carbons (Fsp3) is 0.400. The Labute approximate surface area is 137 Å². The van der Waals surface area contributed by atoms with Crippen molar-refractivity contribution in [1.82, 2.24) is 9.88 Å². The molecule has 0 radical (unpaired) electrons. The van der Waals surface area contributed by atoms with Crippen LogP contribution in [0.15, 0.2) is 22.9 Å². The van der Waals surface area contributed by atoms with Crippen molar-refractivity contribution in [1.29, 1.82) is 0 Å². The van der Waals surface area contributed by atoms with E-state index in [0.717, 1.165) is 5.01 Å². The summed E-state index contributed by atoms with van der Waals surface area (Å²) in [6.07, 6.45) is 0. The smallest absolute Gasteiger partial charge is 0.357 e. The van der Waals surface area contributed by atoms with Crippen molar-refractivity contribution >= 4 is 34.6 Å². The second kappa shape index (κ2) is 7.51. The molecule has 0 aliphatic heterocycles. The van der Waals surface area contributed by atoms with Crippen molar-refractivity contribution in [3.05, 3.63) is 38.5 Å². The number of thiophene rings is 1. The second-order valence-electron chi connectivity index (χ2n) is 4.85. The Morgan fingerprint density at radius 2 is 2.14 bits per heavy atom. The van der Waals surface area contributed by atoms with Crippen molar-refractivity contribution in [3.63, 3.8) is 0 Å². The van der Waals surface area contributed by atoms with Gasteiger partial charge in [-0.15, -0.1) is 22.7 Å². The molecule has 0 aliphatic carbocycles. The molecule has 2 aromatic rings. The topological polar surface area (TPSA) is 59.5 Å². The molecule has 7 heteroatoms. The Balaban J connectivity index is 2.12. The van der Waals surface area contributed by atoms with E-state index in [-0.39, 0.29) is 11.9 Å². The molecule has 22 heavy (non-hydrogen) atoms. The second-order valence-corrected chi connectivity index (χ2v) is 6.74. The van der Waals surface area contributed by atoms with Crippen LogP contribution in [0.3, 0.4) is 0 Å². The standard InChI is InChI=1S/C15H18N2O3S2/c1-4-20-15(19)11-9-22-13(16-11)8-17(10(2)3)14(18)12-6-5-7-21-12/h5-7,9-10H,4,8H2,1-3H3. The maximum atomic E-state index is 12.5. The lowest BCUT2D eigenvalue weighted by Crippen LogP contribution is -2.36. The highest BCUT2D eigenvalue weighted by Gasteiger charge is 2.22. The summed E-state index contributed by atoms with van der Waals surface area (Å²) in [6.45, 7) is 6.39. The van der Waals surface area contributed by atoms with Crippen LogP contribution in [0.25, 0.3) is 0 Å². The van der Waals surface area contributed by atoms with Gasteiger partial charge in [0.25, 0.3) is 5.91 Å². The SMILES string of the molecule is CCOC(=O)c1csc(CN(C(=O)c2cccs2)C(C)C)n1. The van der Waals surface area contributed by atoms with Crippen LogP contribution in [0.5, 0.6) is 0 Å². The summed E-state index contributed by atoms with van der Waals surface area (Å²) in [5, 5.41) is 4.27. The molecule has 0 spiro atoms. The molecule has 0 bridgehead atoms. The molecule has 0 aromatic carbocycles. The van der Waals surface area contributed by atoms with E-state index >= 15 is 0 Å². The quantitative estimate of drug-likeness (QED) is 0.757. The first-order valence-electron chi connectivity index (χ1n) is 6.99. The van der Waals surface area contributed by atoms with Gasteiger partial charge in [-0.25, -0.2) is 9.78 Å². The average Bonchev–Trinajstić information content (AvgIpc) is 3.15. The van der Waals surface area contributed by atoms with Crippen LogP contribution in [0.2, 0.25) is 0 Å². The molecule has 0 unspecified atom stereocenters. The maximum absolute atomic E-state index is 12.5. The van der Waals surface area contributed by atoms with Gasteiger partial charge in [-0.3, -0.25) is 4.79 Å². The van der Waals surface area contributed by atoms with Crippen molar-refractivity contribution in [3.8, 4) is 0 Å². The zero-order chi connectivity index (χ0) is 16.1. The lowest BCUT2D eigenvalue weighted by molar-refractivity contribution is 0.0520. The number of esters is 1. The van der Waals surface area contributed by atoms with E-state index in [9.17, 15) is 9.59 Å². The van der Waals surface area contributed by atoms with Gasteiger partial charge >= 0.3 is 5.97 Å². The van der Waals surface area contributed by atoms with E-state index in [0.29, 0.717) is 23.7 Å². The molecule has 0 fully saturated rings. The predicted molar refractivity (Wildman–Crippen MR) is 87.4 cm³/mol. The fourth-order valence-corrected chi connectivity index (χ4v) is 3.30. The zero-order valence-electron chi connectivity index (χ0n) is 12.7. The van der Waals surface area contributed by atoms with E-state index in [1.807, 2.05) is 31.4 Å². The number of amides is 1. The average molecular weight is 338 g/mol. The first kappa shape index (κ1) is 16.6. The number of aromatic nitrogens is 1. The molecule has 5 nitrogen and oxygen atoms in total. The number of carbonyl (C=O) groups excluding carboxylic acids is 2. The highest BCUT2D eigenvalue weighted by atomic mass is 32.1. The molecule has 0 saturated carbocycles. The molecule has 1 amide bonds. The summed E-state index contributed by atoms with van der Waals surface area (Å²) in [4.78, 5) is 30.9. The summed E-state index contributed by atoms with van der Waals surface area (Å²) in [6, 6.07) is 3.72. The maximum Gasteiger partial charge on any atom is 0.357 e. The third-order valence-electron chi connectivity index (χ3n) is 2.96. The number of carbonyl (C=O) groups is 2. The van der Waals surface area contributed by atoms with Crippen molar-refractivity contribution in [2.24, 2.45) is 0 Å². The number of rotatable bonds is 6. The Morgan fingerprint density at radius 3 is 2.73 bits per heavy atom. The lowest BCUT2D eigenvalue weighted by atomic mass is 10.3. The third-order valence-corrected chi connectivity index (χ3v) is 4.65. The monoisotopic (exact) mass is 338 g/mol. The van der Waals surface area contributed by atoms with E-state index in [4.69, 9.17) is 4.74 Å². The summed E-state index contributed by atoms with van der Waals surface area (Å²) in [7, 11) is 0. The molecule has 0 N–H and O–H groups in total. The number of ether oxygens (including phenoxy) is 1. The first-order chi connectivity index (χ1) is 10.5. The summed E-state index contributed by atoms with van der Waals surface area (Å²) >= 11 is 2.78. The first-order valence-corrected chi connectivity index (χ1v) is 8.74. The number of nitrogens with zero attached hydrogens (tertiary/aromatic N) is 2. The van der Waals surface area contributed by atoms with E-state index in [2.05, 4.69) is 4.98 Å². The molecule has 2 heterocycles. The van der Waals surface area contributed by atoms with Crippen LogP contribution < -0.4 is 0 Å². The van der Waals surface area contributed by atoms with Crippen LogP contribution in [0.1, 0.15) is 45.9 Å². The largest absolute Gasteiger partial charge is 0.461 e. The van der Waals surface area contributed by atoms with Gasteiger partial charge in [-0.2, -0.15) is 0 Å². The molecular formula is C15H18N2O3S2. The van der Waals surface area contributed by atoms with Gasteiger partial charge in [0, 0.05) is 11.4 Å². The minimum atomic E-state index is -0.425. The summed E-state index contributed by atoms with van der Waals surface area (Å²) in [5.74, 6) is -0.441. The third kappa shape index (κ3) is 3.92. The molecule has 2 rings (SSSR count). The number of hydrogen-bond acceptors (Lipinski definition) is 6. The lowest BCUT2D eigenvalue weighted by Gasteiger charge is -2.25. The Hall–Kier alpha value is -1.73. The highest BCUT2D eigenvalue weighted by molar-refractivity contribution is 7.12. The van der Waals surface area contributed by atoms with Crippen molar-refractivity contribution in [2.45, 2.75) is 33.4 Å². The van der Waals surface area contributed by atoms with E-state index < -0.39 is 5.97 Å². The Kier molecular flexibility index (Phi) is 5.68. The van der Waals surface area contributed by atoms with Gasteiger partial charge < -0.3 is 9.64 Å². The van der Waals surface area contributed by atoms with Crippen LogP contribution >= 0.6 is 22.7 Å². The number of hydrogen-bond donors (Lipinski definition) is 0. The normalized spacial score (nSPS) is 10.7. The molecule has 0 saturated heterocycles. The number of thiazole rings is 1. The molecule has 118 valence electrons. The van der Waals surface area contributed by atoms with Crippen LogP contribution in [0, 0.1) is 0 Å². The summed E-state index contributed by atoms with van der Waals surface area (Å²) in [5.41, 5.74) is 0.300. The van der Waals surface area contributed by atoms with Gasteiger partial charge in [0.05, 0.1) is 18.0 Å². The van der Waals surface area contributed by atoms with Gasteiger partial charge in [0.2, 0.25) is 0 Å².